The molecule has 3 nitrogen and oxygen atoms in total. The summed E-state index contributed by atoms with van der Waals surface area (Å²) in [5, 5.41) is 0. The maximum atomic E-state index is 11.7. The van der Waals surface area contributed by atoms with Crippen LogP contribution in [0.25, 0.3) is 6.08 Å². The van der Waals surface area contributed by atoms with Crippen LogP contribution in [0.5, 0.6) is 0 Å². The molecule has 2 rings (SSSR count). The molecule has 0 aliphatic rings. The largest absolute Gasteiger partial charge is 0.461 e. The van der Waals surface area contributed by atoms with E-state index >= 15 is 0 Å². The Hall–Kier alpha value is -2.29. The Kier molecular flexibility index (Phi) is 3.63. The van der Waals surface area contributed by atoms with Gasteiger partial charge < -0.3 is 9.32 Å². The van der Waals surface area contributed by atoms with Crippen LogP contribution in [0.15, 0.2) is 53.2 Å². The lowest BCUT2D eigenvalue weighted by Crippen LogP contribution is -2.07. The third kappa shape index (κ3) is 2.88. The fourth-order valence-corrected chi connectivity index (χ4v) is 1.56. The highest BCUT2D eigenvalue weighted by Gasteiger charge is 2.03. The molecule has 0 radical (unpaired) electrons. The van der Waals surface area contributed by atoms with Crippen LogP contribution in [-0.4, -0.2) is 19.9 Å². The van der Waals surface area contributed by atoms with Gasteiger partial charge in [0.05, 0.1) is 6.26 Å². The van der Waals surface area contributed by atoms with Crippen molar-refractivity contribution in [2.24, 2.45) is 0 Å². The first-order valence-electron chi connectivity index (χ1n) is 5.70. The highest BCUT2D eigenvalue weighted by Crippen LogP contribution is 2.13. The van der Waals surface area contributed by atoms with Gasteiger partial charge in [-0.1, -0.05) is 18.2 Å². The highest BCUT2D eigenvalue weighted by molar-refractivity contribution is 6.04. The summed E-state index contributed by atoms with van der Waals surface area (Å²) in [6.45, 7) is 0. The fourth-order valence-electron chi connectivity index (χ4n) is 1.56. The Morgan fingerprint density at radius 3 is 2.44 bits per heavy atom. The van der Waals surface area contributed by atoms with Gasteiger partial charge in [-0.3, -0.25) is 4.79 Å². The number of rotatable bonds is 4. The van der Waals surface area contributed by atoms with Crippen LogP contribution in [0.1, 0.15) is 16.1 Å². The zero-order valence-corrected chi connectivity index (χ0v) is 10.5. The van der Waals surface area contributed by atoms with E-state index in [9.17, 15) is 4.79 Å². The number of hydrogen-bond donors (Lipinski definition) is 0. The van der Waals surface area contributed by atoms with Gasteiger partial charge in [-0.15, -0.1) is 0 Å². The van der Waals surface area contributed by atoms with Gasteiger partial charge in [0, 0.05) is 19.8 Å². The number of nitrogens with zero attached hydrogens (tertiary/aromatic N) is 1. The van der Waals surface area contributed by atoms with Crippen LogP contribution < -0.4 is 4.90 Å². The monoisotopic (exact) mass is 241 g/mol. The molecule has 2 aromatic rings. The normalized spacial score (nSPS) is 10.8. The van der Waals surface area contributed by atoms with Crippen molar-refractivity contribution in [1.82, 2.24) is 0 Å². The molecule has 0 unspecified atom stereocenters. The first kappa shape index (κ1) is 12.2. The Morgan fingerprint density at radius 2 is 1.89 bits per heavy atom. The summed E-state index contributed by atoms with van der Waals surface area (Å²) < 4.78 is 5.03. The quantitative estimate of drug-likeness (QED) is 0.608. The van der Waals surface area contributed by atoms with Crippen LogP contribution in [0, 0.1) is 0 Å². The zero-order valence-electron chi connectivity index (χ0n) is 10.5. The second-order valence-electron chi connectivity index (χ2n) is 4.16. The molecule has 0 saturated carbocycles. The van der Waals surface area contributed by atoms with Crippen molar-refractivity contribution in [3.05, 3.63) is 60.1 Å². The number of anilines is 1. The molecule has 0 aliphatic heterocycles. The predicted molar refractivity (Wildman–Crippen MR) is 72.8 cm³/mol. The molecular formula is C15H15NO2. The molecule has 0 saturated heterocycles. The van der Waals surface area contributed by atoms with Gasteiger partial charge in [0.15, 0.2) is 5.76 Å². The van der Waals surface area contributed by atoms with Gasteiger partial charge in [0.25, 0.3) is 0 Å². The van der Waals surface area contributed by atoms with Crippen LogP contribution in [0.3, 0.4) is 0 Å². The molecule has 1 aromatic carbocycles. The zero-order chi connectivity index (χ0) is 13.0. The standard InChI is InChI=1S/C15H15NO2/c1-16(2)13-8-5-12(6-9-13)7-10-14(17)15-4-3-11-18-15/h3-11H,1-2H3/b10-7+. The van der Waals surface area contributed by atoms with E-state index in [1.54, 1.807) is 18.2 Å². The Balaban J connectivity index is 2.07. The first-order chi connectivity index (χ1) is 8.66. The summed E-state index contributed by atoms with van der Waals surface area (Å²) in [6, 6.07) is 11.3. The lowest BCUT2D eigenvalue weighted by atomic mass is 10.1. The Bertz CT molecular complexity index is 536. The minimum Gasteiger partial charge on any atom is -0.461 e. The summed E-state index contributed by atoms with van der Waals surface area (Å²) in [4.78, 5) is 13.7. The van der Waals surface area contributed by atoms with Gasteiger partial charge in [0.1, 0.15) is 0 Å². The predicted octanol–water partition coefficient (Wildman–Crippen LogP) is 3.24. The molecule has 0 bridgehead atoms. The number of allylic oxidation sites excluding steroid dienone is 1. The van der Waals surface area contributed by atoms with Crippen LogP contribution in [0.2, 0.25) is 0 Å². The maximum absolute atomic E-state index is 11.7. The van der Waals surface area contributed by atoms with Crippen molar-refractivity contribution in [2.75, 3.05) is 19.0 Å². The Morgan fingerprint density at radius 1 is 1.17 bits per heavy atom. The topological polar surface area (TPSA) is 33.5 Å². The van der Waals surface area contributed by atoms with E-state index in [1.165, 1.54) is 12.3 Å². The van der Waals surface area contributed by atoms with E-state index in [2.05, 4.69) is 0 Å². The van der Waals surface area contributed by atoms with Gasteiger partial charge in [0.2, 0.25) is 5.78 Å². The molecule has 1 aromatic heterocycles. The summed E-state index contributed by atoms with van der Waals surface area (Å²) in [5.74, 6) is 0.229. The van der Waals surface area contributed by atoms with Crippen molar-refractivity contribution in [3.8, 4) is 0 Å². The average molecular weight is 241 g/mol. The third-order valence-corrected chi connectivity index (χ3v) is 2.60. The van der Waals surface area contributed by atoms with Crippen LogP contribution >= 0.6 is 0 Å². The molecule has 92 valence electrons. The Labute approximate surface area is 106 Å². The third-order valence-electron chi connectivity index (χ3n) is 2.60. The van der Waals surface area contributed by atoms with Crippen molar-refractivity contribution >= 4 is 17.5 Å². The highest BCUT2D eigenvalue weighted by atomic mass is 16.3. The summed E-state index contributed by atoms with van der Waals surface area (Å²) >= 11 is 0. The summed E-state index contributed by atoms with van der Waals surface area (Å²) in [7, 11) is 3.98. The second kappa shape index (κ2) is 5.36. The minimum absolute atomic E-state index is 0.128. The number of hydrogen-bond acceptors (Lipinski definition) is 3. The van der Waals surface area contributed by atoms with E-state index in [-0.39, 0.29) is 5.78 Å². The number of furan rings is 1. The molecule has 1 heterocycles. The molecule has 0 spiro atoms. The van der Waals surface area contributed by atoms with Crippen molar-refractivity contribution in [1.29, 1.82) is 0 Å². The average Bonchev–Trinajstić information content (AvgIpc) is 2.90. The SMILES string of the molecule is CN(C)c1ccc(/C=C/C(=O)c2ccco2)cc1. The molecule has 0 aliphatic carbocycles. The molecule has 0 N–H and O–H groups in total. The van der Waals surface area contributed by atoms with E-state index in [0.717, 1.165) is 11.3 Å². The lowest BCUT2D eigenvalue weighted by molar-refractivity contribution is 0.102. The van der Waals surface area contributed by atoms with E-state index in [1.807, 2.05) is 43.3 Å². The molecule has 0 atom stereocenters. The smallest absolute Gasteiger partial charge is 0.221 e. The van der Waals surface area contributed by atoms with Crippen molar-refractivity contribution < 1.29 is 9.21 Å². The fraction of sp³-hybridized carbons (Fsp3) is 0.133. The van der Waals surface area contributed by atoms with E-state index < -0.39 is 0 Å². The van der Waals surface area contributed by atoms with Gasteiger partial charge in [-0.2, -0.15) is 0 Å². The van der Waals surface area contributed by atoms with E-state index in [4.69, 9.17) is 4.42 Å². The molecule has 0 fully saturated rings. The first-order valence-corrected chi connectivity index (χ1v) is 5.70. The minimum atomic E-state index is -0.128. The van der Waals surface area contributed by atoms with Gasteiger partial charge in [-0.25, -0.2) is 0 Å². The molecule has 18 heavy (non-hydrogen) atoms. The summed E-state index contributed by atoms with van der Waals surface area (Å²) in [6.07, 6.45) is 4.79. The van der Waals surface area contributed by atoms with Crippen LogP contribution in [0.4, 0.5) is 5.69 Å². The van der Waals surface area contributed by atoms with Gasteiger partial charge in [-0.05, 0) is 35.9 Å². The lowest BCUT2D eigenvalue weighted by Gasteiger charge is -2.11. The van der Waals surface area contributed by atoms with Crippen molar-refractivity contribution in [2.45, 2.75) is 0 Å². The molecular weight excluding hydrogens is 226 g/mol. The maximum Gasteiger partial charge on any atom is 0.221 e. The van der Waals surface area contributed by atoms with Crippen molar-refractivity contribution in [3.63, 3.8) is 0 Å². The van der Waals surface area contributed by atoms with E-state index in [0.29, 0.717) is 5.76 Å². The number of ketones is 1. The van der Waals surface area contributed by atoms with Gasteiger partial charge >= 0.3 is 0 Å². The number of carbonyl (C=O) groups is 1. The second-order valence-corrected chi connectivity index (χ2v) is 4.16. The summed E-state index contributed by atoms with van der Waals surface area (Å²) in [5.41, 5.74) is 2.12. The molecule has 3 heteroatoms. The molecule has 0 amide bonds. The number of carbonyl (C=O) groups excluding carboxylic acids is 1. The number of benzene rings is 1. The van der Waals surface area contributed by atoms with Crippen LogP contribution in [-0.2, 0) is 0 Å².